The smallest absolute Gasteiger partial charge is 0.263 e. The zero-order valence-electron chi connectivity index (χ0n) is 17.7. The summed E-state index contributed by atoms with van der Waals surface area (Å²) >= 11 is 0. The summed E-state index contributed by atoms with van der Waals surface area (Å²) in [7, 11) is 1.71. The van der Waals surface area contributed by atoms with E-state index in [-0.39, 0.29) is 12.5 Å². The second kappa shape index (κ2) is 8.69. The summed E-state index contributed by atoms with van der Waals surface area (Å²) in [5.74, 6) is 1.51. The first-order chi connectivity index (χ1) is 14.5. The molecule has 6 nitrogen and oxygen atoms in total. The first-order valence-electron chi connectivity index (χ1n) is 10.4. The number of carbonyl (C=O) groups excluding carboxylic acids is 1. The molecule has 1 amide bonds. The highest BCUT2D eigenvalue weighted by Gasteiger charge is 2.22. The van der Waals surface area contributed by atoms with Gasteiger partial charge in [-0.3, -0.25) is 4.79 Å². The normalized spacial score (nSPS) is 14.1. The highest BCUT2D eigenvalue weighted by molar-refractivity contribution is 5.80. The van der Waals surface area contributed by atoms with Gasteiger partial charge in [-0.05, 0) is 62.8 Å². The number of benzene rings is 2. The van der Waals surface area contributed by atoms with Crippen molar-refractivity contribution in [2.75, 3.05) is 7.05 Å². The standard InChI is InChI=1S/C24H27N3O3/c1-16-8-10-19(11-9-16)23-25-22(30-26-23)15-27(3)24(28)17(2)29-21-13-12-18-6-4-5-7-20(18)14-21/h8-14,17H,4-7,15H2,1-3H3/t17-/m0/s1. The van der Waals surface area contributed by atoms with Crippen molar-refractivity contribution in [2.45, 2.75) is 52.2 Å². The SMILES string of the molecule is Cc1ccc(-c2noc(CN(C)C(=O)[C@H](C)Oc3ccc4c(c3)CCCC4)n2)cc1. The van der Waals surface area contributed by atoms with Gasteiger partial charge in [-0.1, -0.05) is 41.1 Å². The van der Waals surface area contributed by atoms with Crippen LogP contribution >= 0.6 is 0 Å². The Bertz CT molecular complexity index is 1030. The molecular formula is C24H27N3O3. The number of amides is 1. The molecule has 1 heterocycles. The lowest BCUT2D eigenvalue weighted by Gasteiger charge is -2.22. The van der Waals surface area contributed by atoms with Crippen molar-refractivity contribution in [1.29, 1.82) is 0 Å². The van der Waals surface area contributed by atoms with E-state index in [1.54, 1.807) is 18.9 Å². The Morgan fingerprint density at radius 2 is 1.87 bits per heavy atom. The summed E-state index contributed by atoms with van der Waals surface area (Å²) in [5, 5.41) is 4.03. The molecule has 1 aliphatic rings. The summed E-state index contributed by atoms with van der Waals surface area (Å²) in [6, 6.07) is 14.1. The number of rotatable bonds is 6. The van der Waals surface area contributed by atoms with Gasteiger partial charge in [-0.2, -0.15) is 4.98 Å². The molecule has 2 aromatic carbocycles. The number of hydrogen-bond acceptors (Lipinski definition) is 5. The van der Waals surface area contributed by atoms with Gasteiger partial charge in [-0.15, -0.1) is 0 Å². The van der Waals surface area contributed by atoms with Crippen molar-refractivity contribution >= 4 is 5.91 Å². The van der Waals surface area contributed by atoms with E-state index in [0.717, 1.165) is 24.2 Å². The third-order valence-electron chi connectivity index (χ3n) is 5.51. The predicted molar refractivity (Wildman–Crippen MR) is 114 cm³/mol. The minimum Gasteiger partial charge on any atom is -0.481 e. The van der Waals surface area contributed by atoms with Crippen molar-refractivity contribution < 1.29 is 14.1 Å². The fraction of sp³-hybridized carbons (Fsp3) is 0.375. The van der Waals surface area contributed by atoms with Gasteiger partial charge in [0.05, 0.1) is 6.54 Å². The van der Waals surface area contributed by atoms with E-state index in [2.05, 4.69) is 22.3 Å². The monoisotopic (exact) mass is 405 g/mol. The number of nitrogens with zero attached hydrogens (tertiary/aromatic N) is 3. The fourth-order valence-electron chi connectivity index (χ4n) is 3.77. The van der Waals surface area contributed by atoms with E-state index in [1.807, 2.05) is 37.3 Å². The Labute approximate surface area is 176 Å². The Morgan fingerprint density at radius 1 is 1.13 bits per heavy atom. The molecule has 0 bridgehead atoms. The van der Waals surface area contributed by atoms with Crippen LogP contribution in [0.15, 0.2) is 47.0 Å². The van der Waals surface area contributed by atoms with Gasteiger partial charge >= 0.3 is 0 Å². The number of carbonyl (C=O) groups is 1. The summed E-state index contributed by atoms with van der Waals surface area (Å²) in [6.45, 7) is 4.03. The van der Waals surface area contributed by atoms with Crippen molar-refractivity contribution in [3.05, 3.63) is 65.0 Å². The molecule has 1 aliphatic carbocycles. The van der Waals surface area contributed by atoms with E-state index < -0.39 is 6.10 Å². The Morgan fingerprint density at radius 3 is 2.63 bits per heavy atom. The minimum atomic E-state index is -0.601. The topological polar surface area (TPSA) is 68.5 Å². The molecule has 0 fully saturated rings. The molecule has 4 rings (SSSR count). The first-order valence-corrected chi connectivity index (χ1v) is 10.4. The predicted octanol–water partition coefficient (Wildman–Crippen LogP) is 4.35. The van der Waals surface area contributed by atoms with Crippen LogP contribution < -0.4 is 4.74 Å². The van der Waals surface area contributed by atoms with Gasteiger partial charge in [0, 0.05) is 12.6 Å². The molecule has 0 saturated carbocycles. The average Bonchev–Trinajstić information content (AvgIpc) is 3.22. The molecule has 1 aromatic heterocycles. The van der Waals surface area contributed by atoms with Gasteiger partial charge < -0.3 is 14.2 Å². The summed E-state index contributed by atoms with van der Waals surface area (Å²) < 4.78 is 11.3. The van der Waals surface area contributed by atoms with E-state index in [9.17, 15) is 4.79 Å². The van der Waals surface area contributed by atoms with Crippen LogP contribution in [0, 0.1) is 6.92 Å². The van der Waals surface area contributed by atoms with E-state index in [1.165, 1.54) is 29.5 Å². The van der Waals surface area contributed by atoms with Crippen molar-refractivity contribution in [3.8, 4) is 17.1 Å². The van der Waals surface area contributed by atoms with Crippen LogP contribution in [-0.2, 0) is 24.2 Å². The Balaban J connectivity index is 1.37. The highest BCUT2D eigenvalue weighted by atomic mass is 16.5. The highest BCUT2D eigenvalue weighted by Crippen LogP contribution is 2.26. The Hall–Kier alpha value is -3.15. The second-order valence-corrected chi connectivity index (χ2v) is 7.97. The second-order valence-electron chi connectivity index (χ2n) is 7.97. The van der Waals surface area contributed by atoms with Crippen LogP contribution in [0.2, 0.25) is 0 Å². The van der Waals surface area contributed by atoms with E-state index >= 15 is 0 Å². The number of fused-ring (bicyclic) bond motifs is 1. The molecule has 0 aliphatic heterocycles. The molecular weight excluding hydrogens is 378 g/mol. The van der Waals surface area contributed by atoms with Crippen LogP contribution in [0.25, 0.3) is 11.4 Å². The maximum Gasteiger partial charge on any atom is 0.263 e. The molecule has 156 valence electrons. The molecule has 0 saturated heterocycles. The molecule has 30 heavy (non-hydrogen) atoms. The van der Waals surface area contributed by atoms with Gasteiger partial charge in [0.25, 0.3) is 5.91 Å². The van der Waals surface area contributed by atoms with Crippen molar-refractivity contribution in [3.63, 3.8) is 0 Å². The van der Waals surface area contributed by atoms with Crippen LogP contribution in [-0.4, -0.2) is 34.1 Å². The summed E-state index contributed by atoms with van der Waals surface area (Å²) in [6.07, 6.45) is 4.06. The van der Waals surface area contributed by atoms with Crippen molar-refractivity contribution in [1.82, 2.24) is 15.0 Å². The van der Waals surface area contributed by atoms with E-state index in [0.29, 0.717) is 11.7 Å². The van der Waals surface area contributed by atoms with Gasteiger partial charge in [0.2, 0.25) is 11.7 Å². The zero-order valence-corrected chi connectivity index (χ0v) is 17.7. The van der Waals surface area contributed by atoms with E-state index in [4.69, 9.17) is 9.26 Å². The van der Waals surface area contributed by atoms with Crippen LogP contribution in [0.5, 0.6) is 5.75 Å². The maximum atomic E-state index is 12.8. The molecule has 0 spiro atoms. The summed E-state index contributed by atoms with van der Waals surface area (Å²) in [4.78, 5) is 18.7. The lowest BCUT2D eigenvalue weighted by molar-refractivity contribution is -0.137. The Kier molecular flexibility index (Phi) is 5.84. The zero-order chi connectivity index (χ0) is 21.1. The lowest BCUT2D eigenvalue weighted by atomic mass is 9.92. The van der Waals surface area contributed by atoms with Gasteiger partial charge in [0.1, 0.15) is 5.75 Å². The molecule has 0 unspecified atom stereocenters. The lowest BCUT2D eigenvalue weighted by Crippen LogP contribution is -2.37. The number of aromatic nitrogens is 2. The first kappa shape index (κ1) is 20.1. The fourth-order valence-corrected chi connectivity index (χ4v) is 3.77. The number of likely N-dealkylation sites (N-methyl/N-ethyl adjacent to an activating group) is 1. The third kappa shape index (κ3) is 4.53. The quantitative estimate of drug-likeness (QED) is 0.610. The van der Waals surface area contributed by atoms with Crippen LogP contribution in [0.3, 0.4) is 0 Å². The molecule has 0 radical (unpaired) electrons. The number of ether oxygens (including phenoxy) is 1. The van der Waals surface area contributed by atoms with Gasteiger partial charge in [0.15, 0.2) is 6.10 Å². The number of hydrogen-bond donors (Lipinski definition) is 0. The molecule has 0 N–H and O–H groups in total. The number of aryl methyl sites for hydroxylation is 3. The molecule has 6 heteroatoms. The van der Waals surface area contributed by atoms with Crippen LogP contribution in [0.1, 0.15) is 42.3 Å². The maximum absolute atomic E-state index is 12.8. The average molecular weight is 405 g/mol. The summed E-state index contributed by atoms with van der Waals surface area (Å²) in [5.41, 5.74) is 4.78. The van der Waals surface area contributed by atoms with Crippen molar-refractivity contribution in [2.24, 2.45) is 0 Å². The van der Waals surface area contributed by atoms with Gasteiger partial charge in [-0.25, -0.2) is 0 Å². The third-order valence-corrected chi connectivity index (χ3v) is 5.51. The van der Waals surface area contributed by atoms with Crippen LogP contribution in [0.4, 0.5) is 0 Å². The molecule has 3 aromatic rings. The largest absolute Gasteiger partial charge is 0.481 e. The molecule has 1 atom stereocenters. The minimum absolute atomic E-state index is 0.136.